The molecule has 1 aliphatic carbocycles. The van der Waals surface area contributed by atoms with Gasteiger partial charge >= 0.3 is 0 Å². The summed E-state index contributed by atoms with van der Waals surface area (Å²) in [6.07, 6.45) is 7.02. The Balaban J connectivity index is 1.47. The van der Waals surface area contributed by atoms with Crippen molar-refractivity contribution in [2.75, 3.05) is 26.8 Å². The summed E-state index contributed by atoms with van der Waals surface area (Å²) < 4.78 is 4.99. The molecule has 2 heterocycles. The van der Waals surface area contributed by atoms with Gasteiger partial charge in [0.05, 0.1) is 6.04 Å². The first-order chi connectivity index (χ1) is 13.2. The number of amides is 1. The van der Waals surface area contributed by atoms with Crippen molar-refractivity contribution in [3.8, 4) is 0 Å². The largest absolute Gasteiger partial charge is 0.375 e. The minimum Gasteiger partial charge on any atom is -0.375 e. The second-order valence-electron chi connectivity index (χ2n) is 7.76. The summed E-state index contributed by atoms with van der Waals surface area (Å²) >= 11 is 0. The highest BCUT2D eigenvalue weighted by Crippen LogP contribution is 2.50. The van der Waals surface area contributed by atoms with E-state index in [2.05, 4.69) is 45.5 Å². The van der Waals surface area contributed by atoms with Gasteiger partial charge in [-0.1, -0.05) is 30.3 Å². The highest BCUT2D eigenvalue weighted by Gasteiger charge is 2.45. The van der Waals surface area contributed by atoms with Gasteiger partial charge in [0, 0.05) is 31.5 Å². The van der Waals surface area contributed by atoms with Crippen molar-refractivity contribution < 1.29 is 9.53 Å². The van der Waals surface area contributed by atoms with Gasteiger partial charge in [-0.2, -0.15) is 0 Å². The summed E-state index contributed by atoms with van der Waals surface area (Å²) in [6, 6.07) is 12.9. The second kappa shape index (κ2) is 7.79. The molecule has 4 rings (SSSR count). The Kier molecular flexibility index (Phi) is 5.23. The maximum Gasteiger partial charge on any atom is 0.246 e. The first-order valence-corrected chi connectivity index (χ1v) is 9.69. The summed E-state index contributed by atoms with van der Waals surface area (Å²) in [6.45, 7) is 3.22. The fraction of sp³-hybridized carbons (Fsp3) is 0.455. The molecule has 1 N–H and O–H groups in total. The van der Waals surface area contributed by atoms with Gasteiger partial charge < -0.3 is 10.1 Å². The molecule has 0 bridgehead atoms. The number of carbonyl (C=O) groups is 1. The van der Waals surface area contributed by atoms with Crippen LogP contribution in [0.25, 0.3) is 0 Å². The Bertz CT molecular complexity index is 785. The number of pyridine rings is 1. The van der Waals surface area contributed by atoms with Crippen molar-refractivity contribution in [2.24, 2.45) is 0 Å². The number of benzene rings is 1. The Morgan fingerprint density at radius 3 is 2.81 bits per heavy atom. The highest BCUT2D eigenvalue weighted by atomic mass is 16.5. The number of nitrogens with zero attached hydrogens (tertiary/aromatic N) is 2. The molecular weight excluding hydrogens is 338 g/mol. The maximum absolute atomic E-state index is 12.1. The number of fused-ring (bicyclic) bond motifs is 2. The molecule has 5 heteroatoms. The number of ether oxygens (including phenoxy) is 1. The average Bonchev–Trinajstić information content (AvgIpc) is 2.98. The normalized spacial score (nSPS) is 21.1. The number of methoxy groups -OCH3 is 1. The molecule has 1 atom stereocenters. The van der Waals surface area contributed by atoms with Crippen LogP contribution < -0.4 is 5.32 Å². The molecule has 2 aromatic rings. The van der Waals surface area contributed by atoms with Crippen LogP contribution >= 0.6 is 0 Å². The quantitative estimate of drug-likeness (QED) is 0.885. The first kappa shape index (κ1) is 18.1. The lowest BCUT2D eigenvalue weighted by Crippen LogP contribution is -2.42. The van der Waals surface area contributed by atoms with Crippen molar-refractivity contribution in [1.82, 2.24) is 15.2 Å². The molecule has 27 heavy (non-hydrogen) atoms. The van der Waals surface area contributed by atoms with Crippen molar-refractivity contribution in [3.05, 3.63) is 65.5 Å². The number of hydrogen-bond acceptors (Lipinski definition) is 4. The molecule has 0 radical (unpaired) electrons. The molecule has 1 aliphatic heterocycles. The standard InChI is InChI=1S/C22H27N3O2/c1-27-16-21(26)24-20-13-22(19-7-3-2-6-18(19)20)8-11-25(12-9-22)15-17-5-4-10-23-14-17/h2-7,10,14,20H,8-9,11-13,15-16H2,1H3,(H,24,26). The number of hydrogen-bond donors (Lipinski definition) is 1. The molecule has 1 aromatic carbocycles. The lowest BCUT2D eigenvalue weighted by atomic mass is 9.73. The van der Waals surface area contributed by atoms with E-state index in [0.29, 0.717) is 0 Å². The predicted molar refractivity (Wildman–Crippen MR) is 104 cm³/mol. The molecule has 1 saturated heterocycles. The third-order valence-electron chi connectivity index (χ3n) is 6.06. The lowest BCUT2D eigenvalue weighted by Gasteiger charge is -2.40. The lowest BCUT2D eigenvalue weighted by molar-refractivity contribution is -0.125. The average molecular weight is 365 g/mol. The monoisotopic (exact) mass is 365 g/mol. The van der Waals surface area contributed by atoms with Gasteiger partial charge in [-0.25, -0.2) is 0 Å². The molecule has 1 spiro atoms. The number of likely N-dealkylation sites (tertiary alicyclic amines) is 1. The van der Waals surface area contributed by atoms with Crippen LogP contribution in [0.1, 0.15) is 42.0 Å². The zero-order chi connectivity index (χ0) is 18.7. The highest BCUT2D eigenvalue weighted by molar-refractivity contribution is 5.78. The minimum absolute atomic E-state index is 0.0385. The van der Waals surface area contributed by atoms with Gasteiger partial charge in [-0.3, -0.25) is 14.7 Å². The molecule has 0 saturated carbocycles. The molecule has 1 amide bonds. The number of nitrogens with one attached hydrogen (secondary N) is 1. The topological polar surface area (TPSA) is 54.5 Å². The van der Waals surface area contributed by atoms with E-state index in [1.54, 1.807) is 7.11 Å². The van der Waals surface area contributed by atoms with E-state index in [1.165, 1.54) is 16.7 Å². The Morgan fingerprint density at radius 2 is 2.07 bits per heavy atom. The van der Waals surface area contributed by atoms with Crippen molar-refractivity contribution in [3.63, 3.8) is 0 Å². The smallest absolute Gasteiger partial charge is 0.246 e. The molecule has 1 aromatic heterocycles. The number of aromatic nitrogens is 1. The number of rotatable bonds is 5. The van der Waals surface area contributed by atoms with Crippen LogP contribution in [-0.2, 0) is 21.5 Å². The minimum atomic E-state index is -0.0385. The van der Waals surface area contributed by atoms with Gasteiger partial charge in [0.1, 0.15) is 6.61 Å². The van der Waals surface area contributed by atoms with E-state index in [1.807, 2.05) is 18.5 Å². The summed E-state index contributed by atoms with van der Waals surface area (Å²) in [4.78, 5) is 18.8. The summed E-state index contributed by atoms with van der Waals surface area (Å²) in [5.74, 6) is -0.0385. The number of piperidine rings is 1. The van der Waals surface area contributed by atoms with Gasteiger partial charge in [0.2, 0.25) is 5.91 Å². The van der Waals surface area contributed by atoms with Crippen LogP contribution in [0.15, 0.2) is 48.8 Å². The molecule has 142 valence electrons. The Labute approximate surface area is 160 Å². The van der Waals surface area contributed by atoms with Crippen LogP contribution in [-0.4, -0.2) is 42.6 Å². The SMILES string of the molecule is COCC(=O)NC1CC2(CCN(Cc3cccnc3)CC2)c2ccccc21. The second-order valence-corrected chi connectivity index (χ2v) is 7.76. The van der Waals surface area contributed by atoms with Crippen molar-refractivity contribution >= 4 is 5.91 Å². The summed E-state index contributed by atoms with van der Waals surface area (Å²) in [5.41, 5.74) is 4.15. The zero-order valence-electron chi connectivity index (χ0n) is 15.9. The Morgan fingerprint density at radius 1 is 1.26 bits per heavy atom. The van der Waals surface area contributed by atoms with Crippen LogP contribution in [0.3, 0.4) is 0 Å². The van der Waals surface area contributed by atoms with Crippen LogP contribution in [0.5, 0.6) is 0 Å². The molecule has 1 unspecified atom stereocenters. The van der Waals surface area contributed by atoms with Gasteiger partial charge in [-0.15, -0.1) is 0 Å². The number of carbonyl (C=O) groups excluding carboxylic acids is 1. The van der Waals surface area contributed by atoms with Crippen molar-refractivity contribution in [1.29, 1.82) is 0 Å². The van der Waals surface area contributed by atoms with E-state index in [4.69, 9.17) is 4.74 Å². The summed E-state index contributed by atoms with van der Waals surface area (Å²) in [5, 5.41) is 3.17. The summed E-state index contributed by atoms with van der Waals surface area (Å²) in [7, 11) is 1.56. The van der Waals surface area contributed by atoms with Crippen LogP contribution in [0, 0.1) is 0 Å². The van der Waals surface area contributed by atoms with Gasteiger partial charge in [0.15, 0.2) is 0 Å². The van der Waals surface area contributed by atoms with E-state index >= 15 is 0 Å². The van der Waals surface area contributed by atoms with Crippen molar-refractivity contribution in [2.45, 2.75) is 37.3 Å². The third-order valence-corrected chi connectivity index (χ3v) is 6.06. The molecule has 1 fully saturated rings. The fourth-order valence-electron chi connectivity index (χ4n) is 4.75. The Hall–Kier alpha value is -2.24. The maximum atomic E-state index is 12.1. The van der Waals surface area contributed by atoms with Crippen LogP contribution in [0.2, 0.25) is 0 Å². The molecule has 2 aliphatic rings. The van der Waals surface area contributed by atoms with Gasteiger partial charge in [0.25, 0.3) is 0 Å². The van der Waals surface area contributed by atoms with Crippen LogP contribution in [0.4, 0.5) is 0 Å². The van der Waals surface area contributed by atoms with E-state index in [0.717, 1.165) is 38.9 Å². The van der Waals surface area contributed by atoms with Gasteiger partial charge in [-0.05, 0) is 55.1 Å². The fourth-order valence-corrected chi connectivity index (χ4v) is 4.75. The predicted octanol–water partition coefficient (Wildman–Crippen LogP) is 2.82. The zero-order valence-corrected chi connectivity index (χ0v) is 15.9. The van der Waals surface area contributed by atoms with E-state index in [-0.39, 0.29) is 24.0 Å². The first-order valence-electron chi connectivity index (χ1n) is 9.69. The van der Waals surface area contributed by atoms with E-state index < -0.39 is 0 Å². The third kappa shape index (κ3) is 3.75. The van der Waals surface area contributed by atoms with E-state index in [9.17, 15) is 4.79 Å². The molecule has 5 nitrogen and oxygen atoms in total. The molecular formula is C22H27N3O2.